The molecule has 3 aromatic rings. The predicted molar refractivity (Wildman–Crippen MR) is 114 cm³/mol. The third-order valence-corrected chi connectivity index (χ3v) is 5.55. The van der Waals surface area contributed by atoms with Crippen LogP contribution in [0.25, 0.3) is 5.95 Å². The van der Waals surface area contributed by atoms with Gasteiger partial charge in [-0.05, 0) is 57.4 Å². The second kappa shape index (κ2) is 8.25. The molecular formula is C22H25N5O4. The molecule has 0 saturated carbocycles. The van der Waals surface area contributed by atoms with Crippen LogP contribution in [0.1, 0.15) is 40.2 Å². The highest BCUT2D eigenvalue weighted by molar-refractivity contribution is 5.76. The number of fused-ring (bicyclic) bond motifs is 1. The normalized spacial score (nSPS) is 12.3. The van der Waals surface area contributed by atoms with Gasteiger partial charge in [0.05, 0.1) is 5.69 Å². The van der Waals surface area contributed by atoms with Crippen molar-refractivity contribution in [3.63, 3.8) is 0 Å². The van der Waals surface area contributed by atoms with E-state index in [1.54, 1.807) is 18.5 Å². The number of aryl methyl sites for hydroxylation is 2. The van der Waals surface area contributed by atoms with E-state index in [2.05, 4.69) is 20.4 Å². The van der Waals surface area contributed by atoms with E-state index in [4.69, 9.17) is 9.47 Å². The molecule has 9 heteroatoms. The quantitative estimate of drug-likeness (QED) is 0.629. The lowest BCUT2D eigenvalue weighted by Crippen LogP contribution is -2.23. The van der Waals surface area contributed by atoms with Crippen LogP contribution in [0.4, 0.5) is 0 Å². The average molecular weight is 423 g/mol. The summed E-state index contributed by atoms with van der Waals surface area (Å²) >= 11 is 0. The van der Waals surface area contributed by atoms with Crippen molar-refractivity contribution in [2.45, 2.75) is 47.1 Å². The summed E-state index contributed by atoms with van der Waals surface area (Å²) in [7, 11) is 0. The van der Waals surface area contributed by atoms with E-state index in [9.17, 15) is 9.59 Å². The van der Waals surface area contributed by atoms with Crippen molar-refractivity contribution >= 4 is 5.91 Å². The summed E-state index contributed by atoms with van der Waals surface area (Å²) in [6, 6.07) is 5.62. The highest BCUT2D eigenvalue weighted by atomic mass is 16.7. The Bertz CT molecular complexity index is 1210. The molecule has 0 radical (unpaired) electrons. The highest BCUT2D eigenvalue weighted by Crippen LogP contribution is 2.32. The van der Waals surface area contributed by atoms with Crippen molar-refractivity contribution in [1.82, 2.24) is 25.1 Å². The molecule has 162 valence electrons. The Morgan fingerprint density at radius 2 is 1.94 bits per heavy atom. The first-order valence-corrected chi connectivity index (χ1v) is 10.1. The van der Waals surface area contributed by atoms with Crippen LogP contribution in [0.2, 0.25) is 0 Å². The van der Waals surface area contributed by atoms with E-state index in [0.29, 0.717) is 42.3 Å². The lowest BCUT2D eigenvalue weighted by molar-refractivity contribution is -0.121. The molecule has 3 heterocycles. The summed E-state index contributed by atoms with van der Waals surface area (Å²) in [6.07, 6.45) is 0.870. The zero-order valence-electron chi connectivity index (χ0n) is 18.0. The third kappa shape index (κ3) is 4.16. The number of benzene rings is 1. The molecule has 2 N–H and O–H groups in total. The Morgan fingerprint density at radius 3 is 2.71 bits per heavy atom. The van der Waals surface area contributed by atoms with Crippen LogP contribution in [-0.2, 0) is 17.8 Å². The number of amides is 1. The fraction of sp³-hybridized carbons (Fsp3) is 0.364. The molecule has 0 aliphatic carbocycles. The largest absolute Gasteiger partial charge is 0.454 e. The molecule has 0 unspecified atom stereocenters. The Morgan fingerprint density at radius 1 is 1.16 bits per heavy atom. The van der Waals surface area contributed by atoms with Gasteiger partial charge in [-0.2, -0.15) is 5.10 Å². The molecule has 31 heavy (non-hydrogen) atoms. The number of nitrogens with one attached hydrogen (secondary N) is 2. The molecule has 1 aromatic carbocycles. The SMILES string of the molecule is Cc1nn(-c2nc(C)c(C)c(=O)[nH]2)c(C)c1CCC(=O)NCc1ccc2c(c1)OCO2. The van der Waals surface area contributed by atoms with Crippen LogP contribution < -0.4 is 20.3 Å². The predicted octanol–water partition coefficient (Wildman–Crippen LogP) is 2.17. The van der Waals surface area contributed by atoms with Crippen molar-refractivity contribution in [2.24, 2.45) is 0 Å². The molecule has 0 saturated heterocycles. The number of nitrogens with zero attached hydrogens (tertiary/aromatic N) is 3. The molecule has 0 spiro atoms. The summed E-state index contributed by atoms with van der Waals surface area (Å²) in [5.74, 6) is 1.75. The van der Waals surface area contributed by atoms with Crippen LogP contribution in [0.15, 0.2) is 23.0 Å². The molecule has 0 fully saturated rings. The molecule has 9 nitrogen and oxygen atoms in total. The Hall–Kier alpha value is -3.62. The number of aromatic nitrogens is 4. The first kappa shape index (κ1) is 20.6. The highest BCUT2D eigenvalue weighted by Gasteiger charge is 2.17. The zero-order chi connectivity index (χ0) is 22.1. The maximum atomic E-state index is 12.4. The van der Waals surface area contributed by atoms with Crippen LogP contribution >= 0.6 is 0 Å². The summed E-state index contributed by atoms with van der Waals surface area (Å²) in [4.78, 5) is 31.7. The van der Waals surface area contributed by atoms with E-state index < -0.39 is 0 Å². The van der Waals surface area contributed by atoms with Crippen molar-refractivity contribution < 1.29 is 14.3 Å². The van der Waals surface area contributed by atoms with E-state index >= 15 is 0 Å². The number of hydrogen-bond acceptors (Lipinski definition) is 6. The van der Waals surface area contributed by atoms with Gasteiger partial charge in [-0.25, -0.2) is 9.67 Å². The molecule has 0 bridgehead atoms. The number of carbonyl (C=O) groups excluding carboxylic acids is 1. The standard InChI is InChI=1S/C22H25N5O4/c1-12-13(2)24-22(25-21(12)29)27-15(4)17(14(3)26-27)6-8-20(28)23-10-16-5-7-18-19(9-16)31-11-30-18/h5,7,9H,6,8,10-11H2,1-4H3,(H,23,28)(H,24,25,29). The van der Waals surface area contributed by atoms with Gasteiger partial charge >= 0.3 is 0 Å². The monoisotopic (exact) mass is 423 g/mol. The number of hydrogen-bond donors (Lipinski definition) is 2. The minimum Gasteiger partial charge on any atom is -0.454 e. The van der Waals surface area contributed by atoms with Crippen LogP contribution in [0.3, 0.4) is 0 Å². The molecule has 1 aliphatic rings. The van der Waals surface area contributed by atoms with E-state index in [1.807, 2.05) is 32.0 Å². The van der Waals surface area contributed by atoms with Gasteiger partial charge < -0.3 is 14.8 Å². The van der Waals surface area contributed by atoms with E-state index in [1.165, 1.54) is 0 Å². The summed E-state index contributed by atoms with van der Waals surface area (Å²) in [6.45, 7) is 7.98. The Kier molecular flexibility index (Phi) is 5.50. The Labute approximate surface area is 179 Å². The minimum atomic E-state index is -0.181. The Balaban J connectivity index is 1.41. The summed E-state index contributed by atoms with van der Waals surface area (Å²) in [5, 5.41) is 7.46. The first-order valence-electron chi connectivity index (χ1n) is 10.1. The number of carbonyl (C=O) groups is 1. The second-order valence-electron chi connectivity index (χ2n) is 7.63. The van der Waals surface area contributed by atoms with Crippen LogP contribution in [0.5, 0.6) is 11.5 Å². The van der Waals surface area contributed by atoms with Crippen molar-refractivity contribution in [1.29, 1.82) is 0 Å². The van der Waals surface area contributed by atoms with Crippen molar-refractivity contribution in [2.75, 3.05) is 6.79 Å². The average Bonchev–Trinajstić information content (AvgIpc) is 3.32. The number of H-pyrrole nitrogens is 1. The van der Waals surface area contributed by atoms with Gasteiger partial charge in [0, 0.05) is 29.9 Å². The van der Waals surface area contributed by atoms with Crippen molar-refractivity contribution in [3.8, 4) is 17.4 Å². The van der Waals surface area contributed by atoms with E-state index in [0.717, 1.165) is 28.3 Å². The lowest BCUT2D eigenvalue weighted by atomic mass is 10.1. The molecule has 2 aromatic heterocycles. The van der Waals surface area contributed by atoms with Gasteiger partial charge in [0.1, 0.15) is 0 Å². The van der Waals surface area contributed by atoms with Crippen molar-refractivity contribution in [3.05, 3.63) is 62.3 Å². The van der Waals surface area contributed by atoms with Gasteiger partial charge in [0.25, 0.3) is 5.56 Å². The van der Waals surface area contributed by atoms with Crippen LogP contribution in [0, 0.1) is 27.7 Å². The topological polar surface area (TPSA) is 111 Å². The summed E-state index contributed by atoms with van der Waals surface area (Å²) in [5.41, 5.74) is 4.65. The van der Waals surface area contributed by atoms with Gasteiger partial charge in [-0.15, -0.1) is 0 Å². The summed E-state index contributed by atoms with van der Waals surface area (Å²) < 4.78 is 12.3. The number of ether oxygens (including phenoxy) is 2. The third-order valence-electron chi connectivity index (χ3n) is 5.55. The molecule has 4 rings (SSSR count). The van der Waals surface area contributed by atoms with Crippen LogP contribution in [-0.4, -0.2) is 32.4 Å². The molecule has 1 amide bonds. The fourth-order valence-electron chi connectivity index (χ4n) is 3.55. The molecule has 1 aliphatic heterocycles. The maximum Gasteiger partial charge on any atom is 0.255 e. The molecule has 0 atom stereocenters. The van der Waals surface area contributed by atoms with Gasteiger partial charge in [-0.3, -0.25) is 14.6 Å². The number of rotatable bonds is 6. The lowest BCUT2D eigenvalue weighted by Gasteiger charge is -2.08. The molecular weight excluding hydrogens is 398 g/mol. The zero-order valence-corrected chi connectivity index (χ0v) is 18.0. The first-order chi connectivity index (χ1) is 14.8. The smallest absolute Gasteiger partial charge is 0.255 e. The second-order valence-corrected chi connectivity index (χ2v) is 7.63. The van der Waals surface area contributed by atoms with Gasteiger partial charge in [-0.1, -0.05) is 6.07 Å². The van der Waals surface area contributed by atoms with Gasteiger partial charge in [0.15, 0.2) is 11.5 Å². The maximum absolute atomic E-state index is 12.4. The van der Waals surface area contributed by atoms with E-state index in [-0.39, 0.29) is 18.3 Å². The number of aromatic amines is 1. The van der Waals surface area contributed by atoms with Gasteiger partial charge in [0.2, 0.25) is 18.6 Å². The fourth-order valence-corrected chi connectivity index (χ4v) is 3.55. The minimum absolute atomic E-state index is 0.0538.